The molecule has 4 atom stereocenters. The summed E-state index contributed by atoms with van der Waals surface area (Å²) in [5.41, 5.74) is 2.04. The van der Waals surface area contributed by atoms with E-state index in [0.717, 1.165) is 11.1 Å². The summed E-state index contributed by atoms with van der Waals surface area (Å²) in [6.45, 7) is 2.27. The molecule has 2 aromatic carbocycles. The van der Waals surface area contributed by atoms with Gasteiger partial charge in [-0.3, -0.25) is 9.59 Å². The van der Waals surface area contributed by atoms with Crippen LogP contribution in [-0.4, -0.2) is 48.4 Å². The number of benzene rings is 2. The van der Waals surface area contributed by atoms with Crippen molar-refractivity contribution < 1.29 is 28.5 Å². The highest BCUT2D eigenvalue weighted by Gasteiger charge is 2.47. The van der Waals surface area contributed by atoms with Gasteiger partial charge in [-0.25, -0.2) is 0 Å². The Kier molecular flexibility index (Phi) is 9.09. The molecule has 6 nitrogen and oxygen atoms in total. The van der Waals surface area contributed by atoms with Crippen molar-refractivity contribution in [1.82, 2.24) is 0 Å². The van der Waals surface area contributed by atoms with Gasteiger partial charge in [0.1, 0.15) is 12.2 Å². The molecule has 0 aliphatic carbocycles. The zero-order valence-electron chi connectivity index (χ0n) is 17.8. The third kappa shape index (κ3) is 7.18. The van der Waals surface area contributed by atoms with Crippen molar-refractivity contribution in [3.8, 4) is 0 Å². The highest BCUT2D eigenvalue weighted by atomic mass is 32.2. The first-order chi connectivity index (χ1) is 15.1. The van der Waals surface area contributed by atoms with E-state index in [0.29, 0.717) is 19.0 Å². The van der Waals surface area contributed by atoms with Crippen LogP contribution in [-0.2, 0) is 41.8 Å². The Hall–Kier alpha value is -2.19. The fraction of sp³-hybridized carbons (Fsp3) is 0.417. The van der Waals surface area contributed by atoms with Gasteiger partial charge in [0.25, 0.3) is 0 Å². The zero-order chi connectivity index (χ0) is 22.1. The van der Waals surface area contributed by atoms with Gasteiger partial charge in [0.15, 0.2) is 5.12 Å². The van der Waals surface area contributed by atoms with Crippen molar-refractivity contribution in [2.75, 3.05) is 12.9 Å². The van der Waals surface area contributed by atoms with E-state index >= 15 is 0 Å². The standard InChI is InChI=1S/C24H28O6S/c1-17(25)31-16-21-24(29-15-19-11-7-4-8-12-19)23(20(30-21)13-22(26)27-2)28-14-18-9-5-3-6-10-18/h3-12,20-21,23-24H,13-16H2,1-2H3/t20?,21-,23+,24+/m1/s1. The second kappa shape index (κ2) is 12.0. The SMILES string of the molecule is COC(=O)CC1O[C@H](CSC(C)=O)[C@H](OCc2ccccc2)[C@H]1OCc1ccccc1. The molecule has 0 bridgehead atoms. The van der Waals surface area contributed by atoms with Crippen LogP contribution in [0.25, 0.3) is 0 Å². The molecule has 2 aromatic rings. The summed E-state index contributed by atoms with van der Waals surface area (Å²) in [5.74, 6) is 0.0532. The summed E-state index contributed by atoms with van der Waals surface area (Å²) >= 11 is 1.18. The fourth-order valence-corrected chi connectivity index (χ4v) is 4.15. The van der Waals surface area contributed by atoms with Crippen LogP contribution in [0.3, 0.4) is 0 Å². The zero-order valence-corrected chi connectivity index (χ0v) is 18.6. The third-order valence-electron chi connectivity index (χ3n) is 5.02. The molecule has 166 valence electrons. The van der Waals surface area contributed by atoms with Gasteiger partial charge >= 0.3 is 5.97 Å². The predicted octanol–water partition coefficient (Wildman–Crippen LogP) is 3.77. The molecular weight excluding hydrogens is 416 g/mol. The number of ether oxygens (including phenoxy) is 4. The highest BCUT2D eigenvalue weighted by Crippen LogP contribution is 2.32. The average molecular weight is 445 g/mol. The first-order valence-corrected chi connectivity index (χ1v) is 11.2. The topological polar surface area (TPSA) is 71.1 Å². The number of hydrogen-bond acceptors (Lipinski definition) is 7. The lowest BCUT2D eigenvalue weighted by Gasteiger charge is -2.25. The normalized spacial score (nSPS) is 22.9. The van der Waals surface area contributed by atoms with Crippen molar-refractivity contribution in [1.29, 1.82) is 0 Å². The molecule has 0 amide bonds. The number of esters is 1. The Morgan fingerprint density at radius 2 is 1.39 bits per heavy atom. The molecule has 3 rings (SSSR count). The summed E-state index contributed by atoms with van der Waals surface area (Å²) in [5, 5.41) is 0.00332. The van der Waals surface area contributed by atoms with Crippen LogP contribution >= 0.6 is 11.8 Å². The molecule has 0 aromatic heterocycles. The van der Waals surface area contributed by atoms with Crippen LogP contribution in [0.1, 0.15) is 24.5 Å². The number of hydrogen-bond donors (Lipinski definition) is 0. The Morgan fingerprint density at radius 3 is 1.87 bits per heavy atom. The minimum atomic E-state index is -0.519. The van der Waals surface area contributed by atoms with Crippen molar-refractivity contribution in [2.24, 2.45) is 0 Å². The molecule has 0 saturated carbocycles. The fourth-order valence-electron chi connectivity index (χ4n) is 3.49. The number of carbonyl (C=O) groups excluding carboxylic acids is 2. The van der Waals surface area contributed by atoms with Gasteiger partial charge < -0.3 is 18.9 Å². The summed E-state index contributed by atoms with van der Waals surface area (Å²) < 4.78 is 23.5. The average Bonchev–Trinajstić information content (AvgIpc) is 3.12. The first-order valence-electron chi connectivity index (χ1n) is 10.2. The largest absolute Gasteiger partial charge is 0.469 e. The second-order valence-electron chi connectivity index (χ2n) is 7.32. The summed E-state index contributed by atoms with van der Waals surface area (Å²) in [6, 6.07) is 19.6. The summed E-state index contributed by atoms with van der Waals surface area (Å²) in [7, 11) is 1.35. The number of rotatable bonds is 10. The molecule has 1 aliphatic rings. The quantitative estimate of drug-likeness (QED) is 0.517. The second-order valence-corrected chi connectivity index (χ2v) is 8.52. The van der Waals surface area contributed by atoms with Crippen LogP contribution in [0.2, 0.25) is 0 Å². The Bertz CT molecular complexity index is 828. The smallest absolute Gasteiger partial charge is 0.308 e. The lowest BCUT2D eigenvalue weighted by atomic mass is 10.1. The van der Waals surface area contributed by atoms with Crippen LogP contribution in [0, 0.1) is 0 Å². The van der Waals surface area contributed by atoms with Gasteiger partial charge in [0, 0.05) is 12.7 Å². The molecular formula is C24H28O6S. The van der Waals surface area contributed by atoms with Crippen LogP contribution in [0.5, 0.6) is 0 Å². The van der Waals surface area contributed by atoms with Gasteiger partial charge in [0.2, 0.25) is 0 Å². The number of thioether (sulfide) groups is 1. The van der Waals surface area contributed by atoms with Crippen molar-refractivity contribution in [2.45, 2.75) is 51.0 Å². The van der Waals surface area contributed by atoms with Crippen molar-refractivity contribution in [3.63, 3.8) is 0 Å². The summed E-state index contributed by atoms with van der Waals surface area (Å²) in [6.07, 6.45) is -1.74. The third-order valence-corrected chi connectivity index (χ3v) is 5.92. The lowest BCUT2D eigenvalue weighted by Crippen LogP contribution is -2.39. The van der Waals surface area contributed by atoms with Gasteiger partial charge in [-0.2, -0.15) is 0 Å². The maximum atomic E-state index is 12.0. The maximum Gasteiger partial charge on any atom is 0.308 e. The number of carbonyl (C=O) groups is 2. The lowest BCUT2D eigenvalue weighted by molar-refractivity contribution is -0.145. The van der Waals surface area contributed by atoms with E-state index in [-0.39, 0.29) is 23.6 Å². The van der Waals surface area contributed by atoms with Gasteiger partial charge in [-0.05, 0) is 11.1 Å². The van der Waals surface area contributed by atoms with E-state index in [9.17, 15) is 9.59 Å². The van der Waals surface area contributed by atoms with Crippen LogP contribution < -0.4 is 0 Å². The number of methoxy groups -OCH3 is 1. The molecule has 1 aliphatic heterocycles. The van der Waals surface area contributed by atoms with E-state index < -0.39 is 18.3 Å². The van der Waals surface area contributed by atoms with E-state index in [4.69, 9.17) is 18.9 Å². The molecule has 0 spiro atoms. The first kappa shape index (κ1) is 23.5. The molecule has 1 unspecified atom stereocenters. The van der Waals surface area contributed by atoms with Crippen LogP contribution in [0.4, 0.5) is 0 Å². The molecule has 0 radical (unpaired) electrons. The van der Waals surface area contributed by atoms with E-state index in [1.807, 2.05) is 60.7 Å². The summed E-state index contributed by atoms with van der Waals surface area (Å²) in [4.78, 5) is 23.5. The van der Waals surface area contributed by atoms with Crippen LogP contribution in [0.15, 0.2) is 60.7 Å². The molecule has 1 fully saturated rings. The maximum absolute atomic E-state index is 12.0. The monoisotopic (exact) mass is 444 g/mol. The van der Waals surface area contributed by atoms with Gasteiger partial charge in [0.05, 0.1) is 39.0 Å². The Morgan fingerprint density at radius 1 is 0.871 bits per heavy atom. The van der Waals surface area contributed by atoms with Crippen molar-refractivity contribution >= 4 is 22.8 Å². The molecule has 1 saturated heterocycles. The van der Waals surface area contributed by atoms with Crippen molar-refractivity contribution in [3.05, 3.63) is 71.8 Å². The minimum Gasteiger partial charge on any atom is -0.469 e. The van der Waals surface area contributed by atoms with Gasteiger partial charge in [-0.1, -0.05) is 72.4 Å². The van der Waals surface area contributed by atoms with Gasteiger partial charge in [-0.15, -0.1) is 0 Å². The Balaban J connectivity index is 1.77. The van der Waals surface area contributed by atoms with E-state index in [1.54, 1.807) is 0 Å². The predicted molar refractivity (Wildman–Crippen MR) is 118 cm³/mol. The Labute approximate surface area is 187 Å². The van der Waals surface area contributed by atoms with E-state index in [2.05, 4.69) is 0 Å². The minimum absolute atomic E-state index is 0.00332. The molecule has 1 heterocycles. The molecule has 0 N–H and O–H groups in total. The molecule has 7 heteroatoms. The highest BCUT2D eigenvalue weighted by molar-refractivity contribution is 8.13. The van der Waals surface area contributed by atoms with E-state index in [1.165, 1.54) is 25.8 Å². The molecule has 31 heavy (non-hydrogen) atoms.